The molecule has 0 N–H and O–H groups in total. The number of nitrogens with zero attached hydrogens (tertiary/aromatic N) is 5. The Kier molecular flexibility index (Phi) is 5.29. The van der Waals surface area contributed by atoms with Crippen molar-refractivity contribution in [1.29, 1.82) is 0 Å². The van der Waals surface area contributed by atoms with Gasteiger partial charge >= 0.3 is 17.9 Å². The number of ether oxygens (including phenoxy) is 2. The summed E-state index contributed by atoms with van der Waals surface area (Å²) >= 11 is 0. The highest BCUT2D eigenvalue weighted by atomic mass is 19.1. The molecule has 2 aliphatic heterocycles. The summed E-state index contributed by atoms with van der Waals surface area (Å²) in [5.74, 6) is -0.553. The van der Waals surface area contributed by atoms with Crippen LogP contribution in [0, 0.1) is 15.9 Å². The highest BCUT2D eigenvalue weighted by molar-refractivity contribution is 5.67. The summed E-state index contributed by atoms with van der Waals surface area (Å²) in [6, 6.07) is 6.09. The highest BCUT2D eigenvalue weighted by Crippen LogP contribution is 2.31. The molecule has 2 aliphatic rings. The average Bonchev–Trinajstić information content (AvgIpc) is 3.23. The Morgan fingerprint density at radius 2 is 2.00 bits per heavy atom. The minimum atomic E-state index is -0.541. The van der Waals surface area contributed by atoms with Gasteiger partial charge in [0.25, 0.3) is 0 Å². The molecule has 3 heterocycles. The van der Waals surface area contributed by atoms with Crippen molar-refractivity contribution in [3.05, 3.63) is 52.0 Å². The van der Waals surface area contributed by atoms with Gasteiger partial charge in [-0.15, -0.1) is 0 Å². The third-order valence-electron chi connectivity index (χ3n) is 5.22. The third kappa shape index (κ3) is 4.35. The van der Waals surface area contributed by atoms with Crippen LogP contribution in [0.5, 0.6) is 6.01 Å². The molecule has 1 aromatic heterocycles. The van der Waals surface area contributed by atoms with Gasteiger partial charge in [0.1, 0.15) is 24.2 Å². The second kappa shape index (κ2) is 7.90. The number of aromatic nitrogens is 2. The second-order valence-corrected chi connectivity index (χ2v) is 7.76. The summed E-state index contributed by atoms with van der Waals surface area (Å²) < 4.78 is 25.8. The Labute approximate surface area is 171 Å². The monoisotopic (exact) mass is 419 g/mol. The average molecular weight is 419 g/mol. The number of amides is 1. The van der Waals surface area contributed by atoms with Gasteiger partial charge in [-0.25, -0.2) is 9.18 Å². The summed E-state index contributed by atoms with van der Waals surface area (Å²) in [5.41, 5.74) is 0.190. The fourth-order valence-corrected chi connectivity index (χ4v) is 3.74. The molecule has 4 rings (SSSR count). The van der Waals surface area contributed by atoms with E-state index in [-0.39, 0.29) is 24.3 Å². The molecule has 0 spiro atoms. The van der Waals surface area contributed by atoms with Crippen LogP contribution in [0.2, 0.25) is 0 Å². The van der Waals surface area contributed by atoms with Crippen LogP contribution in [-0.4, -0.2) is 68.7 Å². The number of piperazine rings is 1. The molecule has 0 bridgehead atoms. The van der Waals surface area contributed by atoms with Gasteiger partial charge in [-0.05, 0) is 29.5 Å². The molecule has 1 fully saturated rings. The van der Waals surface area contributed by atoms with E-state index in [4.69, 9.17) is 9.47 Å². The topological polar surface area (TPSA) is 103 Å². The number of imidazole rings is 1. The molecule has 0 radical (unpaired) electrons. The number of carbonyl (C=O) groups is 1. The van der Waals surface area contributed by atoms with Gasteiger partial charge in [-0.2, -0.15) is 0 Å². The number of halogens is 1. The van der Waals surface area contributed by atoms with Gasteiger partial charge in [0.15, 0.2) is 0 Å². The van der Waals surface area contributed by atoms with Crippen LogP contribution < -0.4 is 4.74 Å². The molecular weight excluding hydrogens is 397 g/mol. The Hall–Kier alpha value is -3.21. The number of fused-ring (bicyclic) bond motifs is 1. The van der Waals surface area contributed by atoms with Crippen LogP contribution in [0.15, 0.2) is 30.5 Å². The fourth-order valence-electron chi connectivity index (χ4n) is 3.74. The quantitative estimate of drug-likeness (QED) is 0.540. The Bertz CT molecular complexity index is 916. The van der Waals surface area contributed by atoms with E-state index in [2.05, 4.69) is 9.88 Å². The number of carbonyl (C=O) groups excluding carboxylic acids is 1. The van der Waals surface area contributed by atoms with Crippen molar-refractivity contribution < 1.29 is 23.6 Å². The standard InChI is InChI=1S/C19H22FN5O5/c1-19(13-24-10-16(25(27)28)21-17(24)30-19)12-22-6-8-23(9-7-22)18(26)29-11-14-2-4-15(20)5-3-14/h2-5,10H,6-9,11-13H2,1H3. The summed E-state index contributed by atoms with van der Waals surface area (Å²) in [6.45, 7) is 5.49. The molecule has 1 unspecified atom stereocenters. The first-order valence-corrected chi connectivity index (χ1v) is 9.60. The van der Waals surface area contributed by atoms with Crippen molar-refractivity contribution in [1.82, 2.24) is 19.4 Å². The van der Waals surface area contributed by atoms with Crippen LogP contribution in [0.4, 0.5) is 15.0 Å². The smallest absolute Gasteiger partial charge is 0.415 e. The van der Waals surface area contributed by atoms with E-state index >= 15 is 0 Å². The van der Waals surface area contributed by atoms with Crippen LogP contribution in [-0.2, 0) is 17.9 Å². The lowest BCUT2D eigenvalue weighted by molar-refractivity contribution is -0.389. The number of hydrogen-bond acceptors (Lipinski definition) is 7. The van der Waals surface area contributed by atoms with Gasteiger partial charge < -0.3 is 24.5 Å². The number of benzene rings is 1. The fraction of sp³-hybridized carbons (Fsp3) is 0.474. The van der Waals surface area contributed by atoms with Crippen LogP contribution in [0.1, 0.15) is 12.5 Å². The zero-order valence-electron chi connectivity index (χ0n) is 16.5. The lowest BCUT2D eigenvalue weighted by Crippen LogP contribution is -2.53. The zero-order chi connectivity index (χ0) is 21.3. The summed E-state index contributed by atoms with van der Waals surface area (Å²) in [5, 5.41) is 10.8. The number of hydrogen-bond donors (Lipinski definition) is 0. The maximum absolute atomic E-state index is 12.9. The van der Waals surface area contributed by atoms with Gasteiger partial charge in [0, 0.05) is 37.7 Å². The SMILES string of the molecule is CC1(CN2CCN(C(=O)OCc3ccc(F)cc3)CC2)Cn2cc([N+](=O)[O-])nc2O1. The first kappa shape index (κ1) is 20.1. The molecule has 10 nitrogen and oxygen atoms in total. The Morgan fingerprint density at radius 3 is 2.63 bits per heavy atom. The maximum atomic E-state index is 12.9. The predicted molar refractivity (Wildman–Crippen MR) is 103 cm³/mol. The second-order valence-electron chi connectivity index (χ2n) is 7.76. The van der Waals surface area contributed by atoms with E-state index in [0.717, 1.165) is 5.56 Å². The predicted octanol–water partition coefficient (Wildman–Crippen LogP) is 2.04. The van der Waals surface area contributed by atoms with Crippen LogP contribution in [0.3, 0.4) is 0 Å². The molecular formula is C19H22FN5O5. The molecule has 30 heavy (non-hydrogen) atoms. The van der Waals surface area contributed by atoms with Gasteiger partial charge in [-0.1, -0.05) is 12.1 Å². The maximum Gasteiger partial charge on any atom is 0.415 e. The molecule has 1 aromatic carbocycles. The van der Waals surface area contributed by atoms with E-state index in [1.807, 2.05) is 6.92 Å². The minimum Gasteiger partial charge on any atom is -0.445 e. The Balaban J connectivity index is 1.23. The summed E-state index contributed by atoms with van der Waals surface area (Å²) in [7, 11) is 0. The third-order valence-corrected chi connectivity index (χ3v) is 5.22. The van der Waals surface area contributed by atoms with E-state index in [1.54, 1.807) is 21.6 Å². The van der Waals surface area contributed by atoms with Crippen LogP contribution >= 0.6 is 0 Å². The largest absolute Gasteiger partial charge is 0.445 e. The molecule has 2 aromatic rings. The molecule has 1 amide bonds. The van der Waals surface area contributed by atoms with E-state index in [0.29, 0.717) is 39.3 Å². The first-order valence-electron chi connectivity index (χ1n) is 9.60. The van der Waals surface area contributed by atoms with Crippen molar-refractivity contribution in [2.24, 2.45) is 0 Å². The van der Waals surface area contributed by atoms with Crippen molar-refractivity contribution in [2.75, 3.05) is 32.7 Å². The Morgan fingerprint density at radius 1 is 1.30 bits per heavy atom. The molecule has 160 valence electrons. The normalized spacial score (nSPS) is 21.2. The van der Waals surface area contributed by atoms with Crippen molar-refractivity contribution >= 4 is 11.9 Å². The lowest BCUT2D eigenvalue weighted by atomic mass is 10.1. The van der Waals surface area contributed by atoms with Gasteiger partial charge in [0.05, 0.1) is 6.54 Å². The number of nitro groups is 1. The first-order chi connectivity index (χ1) is 14.3. The summed E-state index contributed by atoms with van der Waals surface area (Å²) in [4.78, 5) is 30.3. The van der Waals surface area contributed by atoms with Gasteiger partial charge in [-0.3, -0.25) is 9.47 Å². The van der Waals surface area contributed by atoms with Crippen LogP contribution in [0.25, 0.3) is 0 Å². The highest BCUT2D eigenvalue weighted by Gasteiger charge is 2.42. The molecule has 11 heteroatoms. The van der Waals surface area contributed by atoms with Gasteiger partial charge in [0.2, 0.25) is 0 Å². The van der Waals surface area contributed by atoms with E-state index in [9.17, 15) is 19.3 Å². The minimum absolute atomic E-state index is 0.100. The molecule has 1 saturated heterocycles. The molecule has 0 aliphatic carbocycles. The number of rotatable bonds is 5. The summed E-state index contributed by atoms with van der Waals surface area (Å²) in [6.07, 6.45) is 0.991. The van der Waals surface area contributed by atoms with E-state index in [1.165, 1.54) is 18.3 Å². The van der Waals surface area contributed by atoms with Crippen molar-refractivity contribution in [3.63, 3.8) is 0 Å². The lowest BCUT2D eigenvalue weighted by Gasteiger charge is -2.37. The van der Waals surface area contributed by atoms with Crippen molar-refractivity contribution in [3.8, 4) is 6.01 Å². The van der Waals surface area contributed by atoms with Crippen molar-refractivity contribution in [2.45, 2.75) is 25.7 Å². The molecule has 0 saturated carbocycles. The molecule has 1 atom stereocenters. The van der Waals surface area contributed by atoms with E-state index < -0.39 is 16.6 Å². The zero-order valence-corrected chi connectivity index (χ0v) is 16.5.